The van der Waals surface area contributed by atoms with Crippen LogP contribution in [0.5, 0.6) is 5.75 Å². The minimum Gasteiger partial charge on any atom is -0.493 e. The van der Waals surface area contributed by atoms with Gasteiger partial charge in [-0.25, -0.2) is 0 Å². The van der Waals surface area contributed by atoms with Crippen LogP contribution in [0.25, 0.3) is 0 Å². The van der Waals surface area contributed by atoms with Crippen LogP contribution in [0.2, 0.25) is 15.1 Å². The summed E-state index contributed by atoms with van der Waals surface area (Å²) < 4.78 is 11.6. The van der Waals surface area contributed by atoms with Gasteiger partial charge in [0.25, 0.3) is 5.91 Å². The molecule has 2 aliphatic rings. The molecule has 0 saturated carbocycles. The Labute approximate surface area is 221 Å². The average molecular weight is 540 g/mol. The molecule has 2 aromatic carbocycles. The van der Waals surface area contributed by atoms with Gasteiger partial charge in [-0.15, -0.1) is 0 Å². The molecule has 2 fully saturated rings. The van der Waals surface area contributed by atoms with Gasteiger partial charge in [0.2, 0.25) is 5.91 Å². The van der Waals surface area contributed by atoms with Gasteiger partial charge in [-0.05, 0) is 61.7 Å². The average Bonchev–Trinajstić information content (AvgIpc) is 2.87. The van der Waals surface area contributed by atoms with E-state index in [2.05, 4.69) is 0 Å². The molecule has 0 bridgehead atoms. The molecule has 0 aromatic heterocycles. The number of amides is 2. The number of likely N-dealkylation sites (tertiary alicyclic amines) is 1. The molecule has 2 saturated heterocycles. The first-order valence-electron chi connectivity index (χ1n) is 11.8. The molecule has 2 aliphatic heterocycles. The van der Waals surface area contributed by atoms with E-state index in [9.17, 15) is 9.59 Å². The van der Waals surface area contributed by atoms with Crippen molar-refractivity contribution in [2.45, 2.75) is 26.2 Å². The Balaban J connectivity index is 1.47. The van der Waals surface area contributed by atoms with Crippen molar-refractivity contribution in [1.29, 1.82) is 0 Å². The summed E-state index contributed by atoms with van der Waals surface area (Å²) in [5.74, 6) is 0.735. The summed E-state index contributed by atoms with van der Waals surface area (Å²) in [5.41, 5.74) is 1.06. The Hall–Kier alpha value is -1.99. The Morgan fingerprint density at radius 3 is 2.26 bits per heavy atom. The molecule has 0 unspecified atom stereocenters. The molecule has 0 N–H and O–H groups in total. The summed E-state index contributed by atoms with van der Waals surface area (Å²) in [6.45, 7) is 5.70. The second-order valence-corrected chi connectivity index (χ2v) is 10.5. The molecule has 2 amide bonds. The van der Waals surface area contributed by atoms with Gasteiger partial charge in [-0.2, -0.15) is 0 Å². The summed E-state index contributed by atoms with van der Waals surface area (Å²) in [6.07, 6.45) is 1.68. The first-order chi connectivity index (χ1) is 16.8. The van der Waals surface area contributed by atoms with Crippen molar-refractivity contribution in [3.8, 4) is 5.75 Å². The van der Waals surface area contributed by atoms with Crippen LogP contribution >= 0.6 is 34.8 Å². The lowest BCUT2D eigenvalue weighted by atomic mass is 9.75. The zero-order valence-corrected chi connectivity index (χ0v) is 22.0. The van der Waals surface area contributed by atoms with Gasteiger partial charge in [0.15, 0.2) is 0 Å². The van der Waals surface area contributed by atoms with Crippen molar-refractivity contribution < 1.29 is 19.1 Å². The zero-order valence-electron chi connectivity index (χ0n) is 19.7. The number of morpholine rings is 1. The third-order valence-corrected chi connectivity index (χ3v) is 8.01. The molecular formula is C26H29Cl3N2O4. The highest BCUT2D eigenvalue weighted by atomic mass is 35.5. The van der Waals surface area contributed by atoms with Crippen LogP contribution in [-0.4, -0.2) is 67.6 Å². The van der Waals surface area contributed by atoms with Crippen molar-refractivity contribution in [2.75, 3.05) is 46.0 Å². The Bertz CT molecular complexity index is 1080. The Morgan fingerprint density at radius 1 is 0.914 bits per heavy atom. The van der Waals surface area contributed by atoms with Crippen LogP contribution < -0.4 is 4.74 Å². The molecule has 0 radical (unpaired) electrons. The molecule has 188 valence electrons. The fourth-order valence-electron chi connectivity index (χ4n) is 4.56. The van der Waals surface area contributed by atoms with Gasteiger partial charge >= 0.3 is 0 Å². The predicted octanol–water partition coefficient (Wildman–Crippen LogP) is 5.51. The predicted molar refractivity (Wildman–Crippen MR) is 138 cm³/mol. The van der Waals surface area contributed by atoms with Crippen molar-refractivity contribution in [3.05, 3.63) is 62.6 Å². The number of hydrogen-bond acceptors (Lipinski definition) is 4. The molecule has 2 aromatic rings. The third kappa shape index (κ3) is 6.42. The van der Waals surface area contributed by atoms with Gasteiger partial charge in [0, 0.05) is 48.6 Å². The fraction of sp³-hybridized carbons (Fsp3) is 0.462. The van der Waals surface area contributed by atoms with E-state index in [1.807, 2.05) is 34.9 Å². The molecule has 35 heavy (non-hydrogen) atoms. The lowest BCUT2D eigenvalue weighted by Crippen LogP contribution is -2.49. The summed E-state index contributed by atoms with van der Waals surface area (Å²) in [5, 5.41) is 1.45. The van der Waals surface area contributed by atoms with Crippen LogP contribution in [0.3, 0.4) is 0 Å². The Morgan fingerprint density at radius 2 is 1.60 bits per heavy atom. The second-order valence-electron chi connectivity index (χ2n) is 9.29. The minimum atomic E-state index is -0.378. The number of carbonyl (C=O) groups excluding carboxylic acids is 2. The number of piperidine rings is 1. The van der Waals surface area contributed by atoms with Crippen LogP contribution in [0.1, 0.15) is 35.2 Å². The van der Waals surface area contributed by atoms with Crippen LogP contribution in [0.4, 0.5) is 0 Å². The van der Waals surface area contributed by atoms with E-state index < -0.39 is 0 Å². The molecule has 2 heterocycles. The molecule has 6 nitrogen and oxygen atoms in total. The minimum absolute atomic E-state index is 0.0917. The zero-order chi connectivity index (χ0) is 25.0. The van der Waals surface area contributed by atoms with E-state index >= 15 is 0 Å². The normalized spacial score (nSPS) is 17.8. The van der Waals surface area contributed by atoms with Gasteiger partial charge in [0.05, 0.1) is 29.9 Å². The number of hydrogen-bond donors (Lipinski definition) is 0. The topological polar surface area (TPSA) is 59.1 Å². The highest BCUT2D eigenvalue weighted by molar-refractivity contribution is 6.42. The molecule has 4 rings (SSSR count). The molecule has 0 atom stereocenters. The van der Waals surface area contributed by atoms with Crippen molar-refractivity contribution in [2.24, 2.45) is 5.41 Å². The van der Waals surface area contributed by atoms with Crippen molar-refractivity contribution in [3.63, 3.8) is 0 Å². The third-order valence-electron chi connectivity index (χ3n) is 6.84. The summed E-state index contributed by atoms with van der Waals surface area (Å²) in [7, 11) is 0. The van der Waals surface area contributed by atoms with Gasteiger partial charge in [0.1, 0.15) is 5.75 Å². The summed E-state index contributed by atoms with van der Waals surface area (Å²) in [4.78, 5) is 29.9. The first kappa shape index (κ1) is 26.1. The van der Waals surface area contributed by atoms with Crippen molar-refractivity contribution in [1.82, 2.24) is 9.80 Å². The molecule has 0 spiro atoms. The molecule has 9 heteroatoms. The number of benzene rings is 2. The molecular weight excluding hydrogens is 511 g/mol. The van der Waals surface area contributed by atoms with Crippen molar-refractivity contribution >= 4 is 46.6 Å². The van der Waals surface area contributed by atoms with E-state index in [1.165, 1.54) is 0 Å². The fourth-order valence-corrected chi connectivity index (χ4v) is 4.97. The lowest BCUT2D eigenvalue weighted by Gasteiger charge is -2.42. The maximum absolute atomic E-state index is 13.2. The number of carbonyl (C=O) groups is 2. The molecule has 0 aliphatic carbocycles. The van der Waals surface area contributed by atoms with Gasteiger partial charge in [-0.1, -0.05) is 34.8 Å². The maximum Gasteiger partial charge on any atom is 0.253 e. The number of halogens is 3. The van der Waals surface area contributed by atoms with Crippen LogP contribution in [-0.2, 0) is 9.53 Å². The van der Waals surface area contributed by atoms with E-state index in [0.29, 0.717) is 85.9 Å². The van der Waals surface area contributed by atoms with Gasteiger partial charge in [-0.3, -0.25) is 9.59 Å². The number of rotatable bonds is 6. The first-order valence-corrected chi connectivity index (χ1v) is 12.9. The highest BCUT2D eigenvalue weighted by Crippen LogP contribution is 2.38. The standard InChI is InChI=1S/C26H29Cl3N2O4/c1-18-14-20(3-5-21(18)27)35-17-26(16-24(32)30-10-12-34-13-11-30)6-8-31(9-7-26)25(33)19-2-4-22(28)23(29)15-19/h2-5,14-15H,6-13,16-17H2,1H3. The quantitative estimate of drug-likeness (QED) is 0.486. The Kier molecular flexibility index (Phi) is 8.48. The smallest absolute Gasteiger partial charge is 0.253 e. The summed E-state index contributed by atoms with van der Waals surface area (Å²) >= 11 is 18.3. The van der Waals surface area contributed by atoms with Gasteiger partial charge < -0.3 is 19.3 Å². The second kappa shape index (κ2) is 11.4. The summed E-state index contributed by atoms with van der Waals surface area (Å²) in [6, 6.07) is 10.5. The number of nitrogens with zero attached hydrogens (tertiary/aromatic N) is 2. The highest BCUT2D eigenvalue weighted by Gasteiger charge is 2.40. The number of ether oxygens (including phenoxy) is 2. The largest absolute Gasteiger partial charge is 0.493 e. The van der Waals surface area contributed by atoms with E-state index in [1.54, 1.807) is 18.2 Å². The van der Waals surface area contributed by atoms with E-state index in [4.69, 9.17) is 44.3 Å². The maximum atomic E-state index is 13.2. The van der Waals surface area contributed by atoms with Crippen LogP contribution in [0, 0.1) is 12.3 Å². The number of aryl methyl sites for hydroxylation is 1. The lowest BCUT2D eigenvalue weighted by molar-refractivity contribution is -0.139. The van der Waals surface area contributed by atoms with Crippen LogP contribution in [0.15, 0.2) is 36.4 Å². The monoisotopic (exact) mass is 538 g/mol. The van der Waals surface area contributed by atoms with E-state index in [-0.39, 0.29) is 17.2 Å². The SMILES string of the molecule is Cc1cc(OCC2(CC(=O)N3CCOCC3)CCN(C(=O)c3ccc(Cl)c(Cl)c3)CC2)ccc1Cl. The van der Waals surface area contributed by atoms with E-state index in [0.717, 1.165) is 11.3 Å².